The molecule has 2 aromatic rings. The molecule has 0 radical (unpaired) electrons. The van der Waals surface area contributed by atoms with Crippen LogP contribution in [0.4, 0.5) is 15.9 Å². The fraction of sp³-hybridized carbons (Fsp3) is 0.357. The van der Waals surface area contributed by atoms with Gasteiger partial charge < -0.3 is 5.32 Å². The van der Waals surface area contributed by atoms with Crippen LogP contribution < -0.4 is 16.3 Å². The first-order valence-electron chi connectivity index (χ1n) is 7.56. The van der Waals surface area contributed by atoms with E-state index in [2.05, 4.69) is 46.7 Å². The van der Waals surface area contributed by atoms with E-state index in [1.165, 1.54) is 18.2 Å². The average molecular weight is 415 g/mol. The summed E-state index contributed by atoms with van der Waals surface area (Å²) in [6.45, 7) is 1.69. The van der Waals surface area contributed by atoms with E-state index < -0.39 is 5.82 Å². The van der Waals surface area contributed by atoms with Gasteiger partial charge in [-0.1, -0.05) is 0 Å². The Morgan fingerprint density at radius 1 is 1.48 bits per heavy atom. The summed E-state index contributed by atoms with van der Waals surface area (Å²) in [7, 11) is 0. The van der Waals surface area contributed by atoms with Crippen molar-refractivity contribution in [3.05, 3.63) is 34.2 Å². The summed E-state index contributed by atoms with van der Waals surface area (Å²) in [5.74, 6) is -0.294. The molecule has 1 unspecified atom stereocenters. The zero-order valence-electron chi connectivity index (χ0n) is 13.0. The van der Waals surface area contributed by atoms with Crippen LogP contribution >= 0.6 is 15.9 Å². The van der Waals surface area contributed by atoms with Crippen molar-refractivity contribution in [2.24, 2.45) is 4.99 Å². The zero-order chi connectivity index (χ0) is 17.6. The van der Waals surface area contributed by atoms with Crippen LogP contribution in [0.1, 0.15) is 18.5 Å². The number of nitrogens with one attached hydrogen (secondary N) is 3. The van der Waals surface area contributed by atoms with E-state index in [1.807, 2.05) is 5.48 Å². The SMILES string of the molecule is ONC(=Nc1ccc(F)c(Br)c1)c1nonc1NOC1CCCNC1. The number of hydrogen-bond donors (Lipinski definition) is 4. The standard InChI is InChI=1S/C14H16BrFN6O3/c15-10-6-8(3-4-11(10)16)18-13(19-23)12-14(22-25-20-12)21-24-9-2-1-5-17-7-9/h3-4,6,9,17,23H,1-2,5,7H2,(H,18,19)(H,21,22). The van der Waals surface area contributed by atoms with Gasteiger partial charge in [0.25, 0.3) is 0 Å². The molecule has 1 fully saturated rings. The molecule has 2 heterocycles. The molecule has 3 rings (SSSR count). The number of rotatable bonds is 5. The molecule has 1 aromatic heterocycles. The van der Waals surface area contributed by atoms with Gasteiger partial charge in [0.2, 0.25) is 5.82 Å². The Kier molecular flexibility index (Phi) is 5.91. The van der Waals surface area contributed by atoms with Crippen LogP contribution in [0.3, 0.4) is 0 Å². The highest BCUT2D eigenvalue weighted by Crippen LogP contribution is 2.23. The molecule has 0 aliphatic carbocycles. The molecule has 0 amide bonds. The van der Waals surface area contributed by atoms with Crippen LogP contribution in [-0.4, -0.2) is 40.5 Å². The lowest BCUT2D eigenvalue weighted by Crippen LogP contribution is -2.36. The number of benzene rings is 1. The minimum absolute atomic E-state index is 0.0196. The molecule has 1 aliphatic rings. The van der Waals surface area contributed by atoms with Crippen molar-refractivity contribution in [2.45, 2.75) is 18.9 Å². The topological polar surface area (TPSA) is 117 Å². The zero-order valence-corrected chi connectivity index (χ0v) is 14.6. The van der Waals surface area contributed by atoms with E-state index in [0.29, 0.717) is 5.69 Å². The maximum atomic E-state index is 13.3. The summed E-state index contributed by atoms with van der Waals surface area (Å²) in [5, 5.41) is 20.0. The molecule has 9 nitrogen and oxygen atoms in total. The second kappa shape index (κ2) is 8.34. The van der Waals surface area contributed by atoms with Crippen LogP contribution in [0.2, 0.25) is 0 Å². The van der Waals surface area contributed by atoms with Gasteiger partial charge in [0.15, 0.2) is 11.5 Å². The third kappa shape index (κ3) is 4.51. The number of anilines is 1. The number of aliphatic imine (C=N–C) groups is 1. The van der Waals surface area contributed by atoms with Crippen molar-refractivity contribution in [1.82, 2.24) is 21.1 Å². The van der Waals surface area contributed by atoms with E-state index in [1.54, 1.807) is 0 Å². The number of hydroxylamine groups is 1. The van der Waals surface area contributed by atoms with Gasteiger partial charge in [-0.25, -0.2) is 19.5 Å². The van der Waals surface area contributed by atoms with Crippen molar-refractivity contribution < 1.29 is 19.1 Å². The molecule has 1 aliphatic heterocycles. The van der Waals surface area contributed by atoms with Crippen LogP contribution in [0.25, 0.3) is 0 Å². The average Bonchev–Trinajstić information content (AvgIpc) is 3.10. The quantitative estimate of drug-likeness (QED) is 0.334. The Morgan fingerprint density at radius 3 is 3.08 bits per heavy atom. The first-order chi connectivity index (χ1) is 12.2. The Morgan fingerprint density at radius 2 is 2.36 bits per heavy atom. The Bertz CT molecular complexity index is 750. The molecule has 1 saturated heterocycles. The highest BCUT2D eigenvalue weighted by Gasteiger charge is 2.20. The Balaban J connectivity index is 1.75. The van der Waals surface area contributed by atoms with Gasteiger partial charge in [-0.3, -0.25) is 15.5 Å². The maximum Gasteiger partial charge on any atom is 0.225 e. The number of piperidine rings is 1. The molecule has 0 saturated carbocycles. The molecule has 1 atom stereocenters. The lowest BCUT2D eigenvalue weighted by atomic mass is 10.1. The number of nitrogens with zero attached hydrogens (tertiary/aromatic N) is 3. The summed E-state index contributed by atoms with van der Waals surface area (Å²) in [6, 6.07) is 4.15. The van der Waals surface area contributed by atoms with E-state index in [-0.39, 0.29) is 27.9 Å². The largest absolute Gasteiger partial charge is 0.314 e. The van der Waals surface area contributed by atoms with Crippen LogP contribution in [-0.2, 0) is 4.84 Å². The second-order valence-electron chi connectivity index (χ2n) is 5.32. The van der Waals surface area contributed by atoms with Gasteiger partial charge in [0.1, 0.15) is 5.82 Å². The van der Waals surface area contributed by atoms with Crippen molar-refractivity contribution in [3.8, 4) is 0 Å². The van der Waals surface area contributed by atoms with Gasteiger partial charge in [-0.2, -0.15) is 0 Å². The maximum absolute atomic E-state index is 13.3. The summed E-state index contributed by atoms with van der Waals surface area (Å²) in [5.41, 5.74) is 5.11. The molecular weight excluding hydrogens is 399 g/mol. The number of halogens is 2. The first-order valence-corrected chi connectivity index (χ1v) is 8.36. The molecule has 0 bridgehead atoms. The van der Waals surface area contributed by atoms with Gasteiger partial charge in [-0.05, 0) is 63.8 Å². The van der Waals surface area contributed by atoms with Crippen LogP contribution in [0.5, 0.6) is 0 Å². The Labute approximate surface area is 150 Å². The lowest BCUT2D eigenvalue weighted by molar-refractivity contribution is 0.0768. The summed E-state index contributed by atoms with van der Waals surface area (Å²) in [4.78, 5) is 9.72. The molecule has 25 heavy (non-hydrogen) atoms. The molecular formula is C14H16BrFN6O3. The summed E-state index contributed by atoms with van der Waals surface area (Å²) >= 11 is 3.08. The van der Waals surface area contributed by atoms with E-state index >= 15 is 0 Å². The molecule has 11 heteroatoms. The van der Waals surface area contributed by atoms with Gasteiger partial charge >= 0.3 is 0 Å². The lowest BCUT2D eigenvalue weighted by Gasteiger charge is -2.22. The number of aromatic nitrogens is 2. The second-order valence-corrected chi connectivity index (χ2v) is 6.17. The smallest absolute Gasteiger partial charge is 0.225 e. The van der Waals surface area contributed by atoms with E-state index in [9.17, 15) is 9.60 Å². The molecule has 1 aromatic carbocycles. The monoisotopic (exact) mass is 414 g/mol. The molecule has 134 valence electrons. The van der Waals surface area contributed by atoms with Crippen molar-refractivity contribution in [2.75, 3.05) is 18.6 Å². The van der Waals surface area contributed by atoms with E-state index in [4.69, 9.17) is 4.84 Å². The minimum atomic E-state index is -0.419. The van der Waals surface area contributed by atoms with Crippen LogP contribution in [0, 0.1) is 5.82 Å². The fourth-order valence-electron chi connectivity index (χ4n) is 2.29. The predicted molar refractivity (Wildman–Crippen MR) is 90.1 cm³/mol. The highest BCUT2D eigenvalue weighted by atomic mass is 79.9. The normalized spacial score (nSPS) is 18.2. The van der Waals surface area contributed by atoms with Crippen molar-refractivity contribution in [3.63, 3.8) is 0 Å². The van der Waals surface area contributed by atoms with Crippen molar-refractivity contribution >= 4 is 33.3 Å². The third-order valence-electron chi connectivity index (χ3n) is 3.54. The fourth-order valence-corrected chi connectivity index (χ4v) is 2.65. The first kappa shape index (κ1) is 17.7. The van der Waals surface area contributed by atoms with Gasteiger partial charge in [0.05, 0.1) is 16.3 Å². The van der Waals surface area contributed by atoms with E-state index in [0.717, 1.165) is 25.9 Å². The van der Waals surface area contributed by atoms with Gasteiger partial charge in [-0.15, -0.1) is 0 Å². The van der Waals surface area contributed by atoms with Crippen molar-refractivity contribution in [1.29, 1.82) is 0 Å². The van der Waals surface area contributed by atoms with Crippen LogP contribution in [0.15, 0.2) is 32.3 Å². The summed E-state index contributed by atoms with van der Waals surface area (Å²) < 4.78 is 18.2. The Hall–Kier alpha value is -2.08. The third-order valence-corrected chi connectivity index (χ3v) is 4.14. The minimum Gasteiger partial charge on any atom is -0.314 e. The predicted octanol–water partition coefficient (Wildman–Crippen LogP) is 2.12. The number of hydrogen-bond acceptors (Lipinski definition) is 8. The highest BCUT2D eigenvalue weighted by molar-refractivity contribution is 9.10. The molecule has 4 N–H and O–H groups in total. The summed E-state index contributed by atoms with van der Waals surface area (Å²) in [6.07, 6.45) is 1.90. The number of amidine groups is 1. The molecule has 0 spiro atoms. The van der Waals surface area contributed by atoms with Gasteiger partial charge in [0, 0.05) is 6.54 Å².